The molecule has 2 aliphatic rings. The van der Waals surface area contributed by atoms with Crippen LogP contribution < -0.4 is 4.74 Å². The van der Waals surface area contributed by atoms with Gasteiger partial charge in [-0.3, -0.25) is 9.69 Å². The lowest BCUT2D eigenvalue weighted by atomic mass is 9.71. The maximum atomic E-state index is 12.8. The van der Waals surface area contributed by atoms with Crippen LogP contribution in [0.25, 0.3) is 0 Å². The first kappa shape index (κ1) is 28.5. The number of likely N-dealkylation sites (tertiary alicyclic amines) is 2. The monoisotopic (exact) mass is 520 g/mol. The molecule has 0 unspecified atom stereocenters. The van der Waals surface area contributed by atoms with Crippen molar-refractivity contribution in [3.05, 3.63) is 65.2 Å². The normalized spacial score (nSPS) is 17.6. The van der Waals surface area contributed by atoms with E-state index in [1.54, 1.807) is 0 Å². The number of carboxylic acid groups (broad SMARTS) is 1. The summed E-state index contributed by atoms with van der Waals surface area (Å²) < 4.78 is 37.5. The summed E-state index contributed by atoms with van der Waals surface area (Å²) >= 11 is 0. The topological polar surface area (TPSA) is 70.1 Å². The molecule has 6 nitrogen and oxygen atoms in total. The van der Waals surface area contributed by atoms with E-state index in [4.69, 9.17) is 14.6 Å². The second-order valence-corrected chi connectivity index (χ2v) is 9.78. The van der Waals surface area contributed by atoms with Gasteiger partial charge in [-0.1, -0.05) is 35.9 Å². The summed E-state index contributed by atoms with van der Waals surface area (Å²) in [6.07, 6.45) is -0.353. The minimum Gasteiger partial charge on any atom is -0.494 e. The number of amides is 1. The average Bonchev–Trinajstić information content (AvgIpc) is 2.87. The number of para-hydroxylation sites is 1. The van der Waals surface area contributed by atoms with Crippen LogP contribution in [0.1, 0.15) is 54.1 Å². The van der Waals surface area contributed by atoms with E-state index in [2.05, 4.69) is 34.9 Å². The van der Waals surface area contributed by atoms with E-state index >= 15 is 0 Å². The number of aryl methyl sites for hydroxylation is 1. The molecule has 9 heteroatoms. The summed E-state index contributed by atoms with van der Waals surface area (Å²) in [6.45, 7) is 9.80. The van der Waals surface area contributed by atoms with Crippen molar-refractivity contribution < 1.29 is 32.6 Å². The van der Waals surface area contributed by atoms with Crippen molar-refractivity contribution in [1.82, 2.24) is 9.80 Å². The number of halogens is 3. The van der Waals surface area contributed by atoms with Crippen molar-refractivity contribution in [2.45, 2.75) is 52.3 Å². The Kier molecular flexibility index (Phi) is 9.59. The number of benzene rings is 2. The van der Waals surface area contributed by atoms with E-state index in [9.17, 15) is 18.0 Å². The zero-order valence-corrected chi connectivity index (χ0v) is 21.4. The fraction of sp³-hybridized carbons (Fsp3) is 0.500. The first-order valence-electron chi connectivity index (χ1n) is 12.6. The van der Waals surface area contributed by atoms with Crippen LogP contribution in [0.2, 0.25) is 0 Å². The predicted molar refractivity (Wildman–Crippen MR) is 135 cm³/mol. The lowest BCUT2D eigenvalue weighted by molar-refractivity contribution is -0.192. The smallest absolute Gasteiger partial charge is 0.490 e. The quantitative estimate of drug-likeness (QED) is 0.560. The fourth-order valence-electron chi connectivity index (χ4n) is 4.92. The van der Waals surface area contributed by atoms with E-state index in [1.807, 2.05) is 37.3 Å². The van der Waals surface area contributed by atoms with Gasteiger partial charge in [0.05, 0.1) is 6.61 Å². The number of aliphatic carboxylic acids is 1. The van der Waals surface area contributed by atoms with Crippen LogP contribution in [0.3, 0.4) is 0 Å². The maximum absolute atomic E-state index is 12.8. The molecule has 2 fully saturated rings. The molecule has 0 bridgehead atoms. The van der Waals surface area contributed by atoms with Gasteiger partial charge in [-0.2, -0.15) is 13.2 Å². The summed E-state index contributed by atoms with van der Waals surface area (Å²) in [5, 5.41) is 7.12. The van der Waals surface area contributed by atoms with Crippen molar-refractivity contribution >= 4 is 11.9 Å². The van der Waals surface area contributed by atoms with Crippen molar-refractivity contribution in [1.29, 1.82) is 0 Å². The second kappa shape index (κ2) is 12.4. The van der Waals surface area contributed by atoms with Crippen LogP contribution in [-0.4, -0.2) is 65.7 Å². The van der Waals surface area contributed by atoms with Gasteiger partial charge in [0.1, 0.15) is 5.75 Å². The molecule has 0 aromatic heterocycles. The van der Waals surface area contributed by atoms with Crippen molar-refractivity contribution in [2.24, 2.45) is 5.41 Å². The van der Waals surface area contributed by atoms with Crippen LogP contribution in [0.5, 0.6) is 5.75 Å². The minimum atomic E-state index is -5.08. The molecule has 37 heavy (non-hydrogen) atoms. The first-order chi connectivity index (χ1) is 17.5. The van der Waals surface area contributed by atoms with E-state index in [0.717, 1.165) is 56.9 Å². The molecule has 2 saturated heterocycles. The molecular formula is C28H35F3N2O4. The molecule has 2 aromatic rings. The summed E-state index contributed by atoms with van der Waals surface area (Å²) in [7, 11) is 0. The van der Waals surface area contributed by atoms with Crippen molar-refractivity contribution in [2.75, 3.05) is 32.8 Å². The molecule has 1 N–H and O–H groups in total. The van der Waals surface area contributed by atoms with Gasteiger partial charge in [0.15, 0.2) is 0 Å². The molecular weight excluding hydrogens is 485 g/mol. The molecule has 4 rings (SSSR count). The Morgan fingerprint density at radius 2 is 1.49 bits per heavy atom. The summed E-state index contributed by atoms with van der Waals surface area (Å²) in [6, 6.07) is 16.4. The van der Waals surface area contributed by atoms with E-state index in [-0.39, 0.29) is 5.91 Å². The molecule has 1 amide bonds. The van der Waals surface area contributed by atoms with Gasteiger partial charge in [-0.15, -0.1) is 0 Å². The van der Waals surface area contributed by atoms with Gasteiger partial charge in [-0.05, 0) is 76.2 Å². The maximum Gasteiger partial charge on any atom is 0.490 e. The number of ether oxygens (including phenoxy) is 1. The Morgan fingerprint density at radius 1 is 0.946 bits per heavy atom. The van der Waals surface area contributed by atoms with Crippen LogP contribution >= 0.6 is 0 Å². The number of carbonyl (C=O) groups is 2. The molecule has 2 aromatic carbocycles. The number of rotatable bonds is 5. The van der Waals surface area contributed by atoms with E-state index in [1.165, 1.54) is 24.0 Å². The van der Waals surface area contributed by atoms with Gasteiger partial charge in [0.25, 0.3) is 5.91 Å². The van der Waals surface area contributed by atoms with E-state index in [0.29, 0.717) is 12.0 Å². The summed E-state index contributed by atoms with van der Waals surface area (Å²) in [4.78, 5) is 26.3. The number of carboxylic acids is 1. The lowest BCUT2D eigenvalue weighted by Crippen LogP contribution is -2.48. The Labute approximate surface area is 216 Å². The van der Waals surface area contributed by atoms with Crippen LogP contribution in [-0.2, 0) is 11.3 Å². The molecule has 0 atom stereocenters. The van der Waals surface area contributed by atoms with Gasteiger partial charge < -0.3 is 14.7 Å². The number of hydrogen-bond donors (Lipinski definition) is 1. The SMILES string of the molecule is CCOc1ccccc1CN1CCC2(CC1)CCN(C(=O)c1ccc(C)cc1)CC2.O=C(O)C(F)(F)F. The standard InChI is InChI=1S/C26H34N2O2.C2HF3O2/c1-3-30-24-7-5-4-6-23(24)20-27-16-12-26(13-17-27)14-18-28(19-15-26)25(29)22-10-8-21(2)9-11-22;3-2(4,5)1(6)7/h4-11H,3,12-20H2,1-2H3;(H,6,7). The Hall–Kier alpha value is -3.07. The highest BCUT2D eigenvalue weighted by atomic mass is 19.4. The number of nitrogens with zero attached hydrogens (tertiary/aromatic N) is 2. The largest absolute Gasteiger partial charge is 0.494 e. The van der Waals surface area contributed by atoms with Gasteiger partial charge >= 0.3 is 12.1 Å². The Morgan fingerprint density at radius 3 is 2.03 bits per heavy atom. The number of piperidine rings is 2. The number of carbonyl (C=O) groups excluding carboxylic acids is 1. The molecule has 202 valence electrons. The predicted octanol–water partition coefficient (Wildman–Crippen LogP) is 5.55. The third-order valence-electron chi connectivity index (χ3n) is 7.24. The number of alkyl halides is 3. The van der Waals surface area contributed by atoms with Crippen molar-refractivity contribution in [3.63, 3.8) is 0 Å². The average molecular weight is 521 g/mol. The van der Waals surface area contributed by atoms with Gasteiger partial charge in [0, 0.05) is 30.8 Å². The highest BCUT2D eigenvalue weighted by molar-refractivity contribution is 5.94. The molecule has 0 aliphatic carbocycles. The molecule has 0 radical (unpaired) electrons. The third-order valence-corrected chi connectivity index (χ3v) is 7.24. The van der Waals surface area contributed by atoms with Gasteiger partial charge in [-0.25, -0.2) is 4.79 Å². The zero-order chi connectivity index (χ0) is 27.1. The van der Waals surface area contributed by atoms with Crippen molar-refractivity contribution in [3.8, 4) is 5.75 Å². The minimum absolute atomic E-state index is 0.190. The highest BCUT2D eigenvalue weighted by Gasteiger charge is 2.39. The highest BCUT2D eigenvalue weighted by Crippen LogP contribution is 2.42. The second-order valence-electron chi connectivity index (χ2n) is 9.78. The van der Waals surface area contributed by atoms with Crippen LogP contribution in [0, 0.1) is 12.3 Å². The molecule has 1 spiro atoms. The van der Waals surface area contributed by atoms with E-state index < -0.39 is 12.1 Å². The Balaban J connectivity index is 0.000000479. The summed E-state index contributed by atoms with van der Waals surface area (Å²) in [5.41, 5.74) is 3.72. The molecule has 0 saturated carbocycles. The fourth-order valence-corrected chi connectivity index (χ4v) is 4.92. The zero-order valence-electron chi connectivity index (χ0n) is 21.4. The summed E-state index contributed by atoms with van der Waals surface area (Å²) in [5.74, 6) is -1.55. The number of hydrogen-bond acceptors (Lipinski definition) is 4. The Bertz CT molecular complexity index is 1040. The molecule has 2 aliphatic heterocycles. The van der Waals surface area contributed by atoms with Crippen LogP contribution in [0.15, 0.2) is 48.5 Å². The van der Waals surface area contributed by atoms with Gasteiger partial charge in [0.2, 0.25) is 0 Å². The van der Waals surface area contributed by atoms with Crippen LogP contribution in [0.4, 0.5) is 13.2 Å². The lowest BCUT2D eigenvalue weighted by Gasteiger charge is -2.47. The first-order valence-corrected chi connectivity index (χ1v) is 12.6. The molecule has 2 heterocycles. The third kappa shape index (κ3) is 7.95.